The van der Waals surface area contributed by atoms with E-state index in [2.05, 4.69) is 25.5 Å². The topological polar surface area (TPSA) is 81.5 Å². The molecular weight excluding hydrogens is 435 g/mol. The van der Waals surface area contributed by atoms with E-state index in [1.807, 2.05) is 12.1 Å². The third kappa shape index (κ3) is 6.03. The van der Waals surface area contributed by atoms with E-state index >= 15 is 0 Å². The van der Waals surface area contributed by atoms with Crippen molar-refractivity contribution in [2.45, 2.75) is 6.18 Å². The van der Waals surface area contributed by atoms with Gasteiger partial charge in [0.2, 0.25) is 0 Å². The van der Waals surface area contributed by atoms with Crippen LogP contribution in [0.2, 0.25) is 0 Å². The lowest BCUT2D eigenvalue weighted by Crippen LogP contribution is -2.09. The molecule has 0 saturated carbocycles. The highest BCUT2D eigenvalue weighted by molar-refractivity contribution is 5.82. The maximum Gasteiger partial charge on any atom is 0.417 e. The highest BCUT2D eigenvalue weighted by Gasteiger charge is 2.32. The Morgan fingerprint density at radius 2 is 1.21 bits per heavy atom. The fourth-order valence-corrected chi connectivity index (χ4v) is 2.69. The number of rotatable bonds is 7. The fourth-order valence-electron chi connectivity index (χ4n) is 2.69. The highest BCUT2D eigenvalue weighted by atomic mass is 19.4. The summed E-state index contributed by atoms with van der Waals surface area (Å²) in [6, 6.07) is 22.5. The Morgan fingerprint density at radius 1 is 0.697 bits per heavy atom. The van der Waals surface area contributed by atoms with E-state index in [9.17, 15) is 13.2 Å². The number of hydrogen-bond donors (Lipinski definition) is 1. The van der Waals surface area contributed by atoms with E-state index in [0.717, 1.165) is 12.3 Å². The SMILES string of the molecule is FC(F)(F)c1ccccc1/C=N/Nc1nc(Oc2ccccc2)nc(Oc2ccccc2)n1. The molecule has 0 unspecified atom stereocenters. The predicted octanol–water partition coefficient (Wildman–Crippen LogP) is 5.92. The van der Waals surface area contributed by atoms with Crippen molar-refractivity contribution < 1.29 is 22.6 Å². The smallest absolute Gasteiger partial charge is 0.417 e. The Kier molecular flexibility index (Phi) is 6.44. The molecule has 0 aliphatic carbocycles. The van der Waals surface area contributed by atoms with Crippen LogP contribution in [-0.4, -0.2) is 21.2 Å². The minimum absolute atomic E-state index is 0.0809. The van der Waals surface area contributed by atoms with Crippen LogP contribution in [0, 0.1) is 0 Å². The molecule has 4 aromatic rings. The summed E-state index contributed by atoms with van der Waals surface area (Å²) >= 11 is 0. The van der Waals surface area contributed by atoms with Crippen LogP contribution in [-0.2, 0) is 6.18 Å². The third-order valence-electron chi connectivity index (χ3n) is 4.13. The summed E-state index contributed by atoms with van der Waals surface area (Å²) in [5, 5.41) is 3.84. The van der Waals surface area contributed by atoms with E-state index in [1.54, 1.807) is 48.5 Å². The van der Waals surface area contributed by atoms with Gasteiger partial charge in [-0.05, 0) is 30.3 Å². The normalized spacial score (nSPS) is 11.4. The molecular formula is C23H16F3N5O2. The number of hydrazone groups is 1. The zero-order valence-electron chi connectivity index (χ0n) is 16.9. The van der Waals surface area contributed by atoms with Crippen molar-refractivity contribution in [2.75, 3.05) is 5.43 Å². The minimum Gasteiger partial charge on any atom is -0.424 e. The molecule has 0 fully saturated rings. The largest absolute Gasteiger partial charge is 0.424 e. The molecule has 10 heteroatoms. The Hall–Kier alpha value is -4.47. The molecule has 0 aliphatic heterocycles. The van der Waals surface area contributed by atoms with Gasteiger partial charge in [0.25, 0.3) is 5.95 Å². The first-order valence-electron chi connectivity index (χ1n) is 9.64. The van der Waals surface area contributed by atoms with Crippen LogP contribution in [0.25, 0.3) is 0 Å². The Morgan fingerprint density at radius 3 is 1.76 bits per heavy atom. The second kappa shape index (κ2) is 9.77. The summed E-state index contributed by atoms with van der Waals surface area (Å²) in [5.74, 6) is 0.869. The zero-order valence-corrected chi connectivity index (χ0v) is 16.9. The molecule has 1 heterocycles. The molecule has 166 valence electrons. The molecule has 3 aromatic carbocycles. The molecule has 0 radical (unpaired) electrons. The predicted molar refractivity (Wildman–Crippen MR) is 116 cm³/mol. The molecule has 1 N–H and O–H groups in total. The average Bonchev–Trinajstić information content (AvgIpc) is 2.80. The number of para-hydroxylation sites is 2. The average molecular weight is 451 g/mol. The molecule has 1 aromatic heterocycles. The highest BCUT2D eigenvalue weighted by Crippen LogP contribution is 2.31. The number of ether oxygens (including phenoxy) is 2. The fraction of sp³-hybridized carbons (Fsp3) is 0.0435. The van der Waals surface area contributed by atoms with Gasteiger partial charge in [-0.1, -0.05) is 54.6 Å². The molecule has 0 saturated heterocycles. The number of anilines is 1. The Bertz CT molecular complexity index is 1180. The molecule has 7 nitrogen and oxygen atoms in total. The number of benzene rings is 3. The molecule has 4 rings (SSSR count). The lowest BCUT2D eigenvalue weighted by molar-refractivity contribution is -0.137. The first kappa shape index (κ1) is 21.8. The summed E-state index contributed by atoms with van der Waals surface area (Å²) in [5.41, 5.74) is 1.57. The zero-order chi connectivity index (χ0) is 23.1. The van der Waals surface area contributed by atoms with Crippen LogP contribution in [0.15, 0.2) is 90.0 Å². The number of nitrogens with zero attached hydrogens (tertiary/aromatic N) is 4. The maximum atomic E-state index is 13.2. The first-order chi connectivity index (χ1) is 16.0. The van der Waals surface area contributed by atoms with Crippen LogP contribution in [0.3, 0.4) is 0 Å². The van der Waals surface area contributed by atoms with Gasteiger partial charge in [0.1, 0.15) is 11.5 Å². The van der Waals surface area contributed by atoms with Gasteiger partial charge in [0.15, 0.2) is 0 Å². The number of halogens is 3. The Balaban J connectivity index is 1.59. The monoisotopic (exact) mass is 451 g/mol. The summed E-state index contributed by atoms with van der Waals surface area (Å²) in [7, 11) is 0. The first-order valence-corrected chi connectivity index (χ1v) is 9.64. The van der Waals surface area contributed by atoms with Crippen molar-refractivity contribution in [3.63, 3.8) is 0 Å². The number of alkyl halides is 3. The molecule has 0 amide bonds. The number of aromatic nitrogens is 3. The van der Waals surface area contributed by atoms with Crippen molar-refractivity contribution in [3.8, 4) is 23.5 Å². The van der Waals surface area contributed by atoms with Crippen LogP contribution in [0.1, 0.15) is 11.1 Å². The number of nitrogens with one attached hydrogen (secondary N) is 1. The van der Waals surface area contributed by atoms with E-state index < -0.39 is 11.7 Å². The second-order valence-corrected chi connectivity index (χ2v) is 6.51. The molecule has 0 atom stereocenters. The van der Waals surface area contributed by atoms with Crippen LogP contribution in [0.4, 0.5) is 19.1 Å². The van der Waals surface area contributed by atoms with Crippen LogP contribution >= 0.6 is 0 Å². The molecule has 0 spiro atoms. The lowest BCUT2D eigenvalue weighted by atomic mass is 10.1. The Labute approximate surface area is 186 Å². The molecule has 33 heavy (non-hydrogen) atoms. The van der Waals surface area contributed by atoms with Gasteiger partial charge < -0.3 is 9.47 Å². The summed E-state index contributed by atoms with van der Waals surface area (Å²) in [6.45, 7) is 0. The second-order valence-electron chi connectivity index (χ2n) is 6.51. The van der Waals surface area contributed by atoms with Crippen molar-refractivity contribution in [2.24, 2.45) is 5.10 Å². The van der Waals surface area contributed by atoms with Gasteiger partial charge >= 0.3 is 18.2 Å². The van der Waals surface area contributed by atoms with Crippen molar-refractivity contribution in [1.29, 1.82) is 0 Å². The van der Waals surface area contributed by atoms with Gasteiger partial charge in [-0.15, -0.1) is 4.98 Å². The molecule has 0 bridgehead atoms. The summed E-state index contributed by atoms with van der Waals surface area (Å²) < 4.78 is 50.8. The minimum atomic E-state index is -4.51. The van der Waals surface area contributed by atoms with Crippen LogP contribution in [0.5, 0.6) is 23.5 Å². The molecule has 0 aliphatic rings. The van der Waals surface area contributed by atoms with Gasteiger partial charge in [0, 0.05) is 5.56 Å². The van der Waals surface area contributed by atoms with E-state index in [4.69, 9.17) is 9.47 Å². The lowest BCUT2D eigenvalue weighted by Gasteiger charge is -2.10. The van der Waals surface area contributed by atoms with Crippen LogP contribution < -0.4 is 14.9 Å². The van der Waals surface area contributed by atoms with E-state index in [-0.39, 0.29) is 23.5 Å². The summed E-state index contributed by atoms with van der Waals surface area (Å²) in [6.07, 6.45) is -3.48. The van der Waals surface area contributed by atoms with Gasteiger partial charge in [-0.25, -0.2) is 5.43 Å². The van der Waals surface area contributed by atoms with Crippen molar-refractivity contribution in [1.82, 2.24) is 15.0 Å². The van der Waals surface area contributed by atoms with Crippen molar-refractivity contribution in [3.05, 3.63) is 96.1 Å². The number of hydrogen-bond acceptors (Lipinski definition) is 7. The van der Waals surface area contributed by atoms with Gasteiger partial charge in [-0.3, -0.25) is 0 Å². The standard InChI is InChI=1S/C23H16F3N5O2/c24-23(25,26)19-14-8-7-9-16(19)15-27-31-20-28-21(32-17-10-3-1-4-11-17)30-22(29-20)33-18-12-5-2-6-13-18/h1-15H,(H,28,29,30,31)/b27-15+. The van der Waals surface area contributed by atoms with E-state index in [1.165, 1.54) is 18.2 Å². The van der Waals surface area contributed by atoms with Crippen molar-refractivity contribution >= 4 is 12.2 Å². The van der Waals surface area contributed by atoms with Gasteiger partial charge in [0.05, 0.1) is 11.8 Å². The van der Waals surface area contributed by atoms with Gasteiger partial charge in [-0.2, -0.15) is 28.2 Å². The quantitative estimate of drug-likeness (QED) is 0.277. The maximum absolute atomic E-state index is 13.2. The van der Waals surface area contributed by atoms with E-state index in [0.29, 0.717) is 11.5 Å². The summed E-state index contributed by atoms with van der Waals surface area (Å²) in [4.78, 5) is 12.3. The third-order valence-corrected chi connectivity index (χ3v) is 4.13.